The van der Waals surface area contributed by atoms with Gasteiger partial charge in [0.15, 0.2) is 5.83 Å². The molecule has 3 radical (unpaired) electrons. The molecule has 1 amide bonds. The summed E-state index contributed by atoms with van der Waals surface area (Å²) in [6.07, 6.45) is -0.801. The van der Waals surface area contributed by atoms with Crippen LogP contribution in [0.5, 0.6) is 0 Å². The van der Waals surface area contributed by atoms with Crippen molar-refractivity contribution in [3.8, 4) is 0 Å². The minimum Gasteiger partial charge on any atom is -0.322 e. The van der Waals surface area contributed by atoms with Gasteiger partial charge in [0.2, 0.25) is 9.39 Å². The van der Waals surface area contributed by atoms with Gasteiger partial charge in [-0.25, -0.2) is 21.6 Å². The molecule has 1 aromatic carbocycles. The van der Waals surface area contributed by atoms with Gasteiger partial charge < -0.3 is 5.32 Å². The van der Waals surface area contributed by atoms with Crippen LogP contribution in [0.15, 0.2) is 44.8 Å². The maximum Gasteiger partial charge on any atom is 0.261 e. The lowest BCUT2D eigenvalue weighted by Crippen LogP contribution is -2.21. The molecule has 1 aliphatic rings. The average Bonchev–Trinajstić information content (AvgIpc) is 2.41. The highest BCUT2D eigenvalue weighted by atomic mass is 79.9. The topological polar surface area (TPSA) is 63.2 Å². The molecule has 10 heteroatoms. The molecule has 1 N–H and O–H groups in total. The highest BCUT2D eigenvalue weighted by Gasteiger charge is 2.31. The van der Waals surface area contributed by atoms with Crippen LogP contribution >= 0.6 is 15.9 Å². The number of hydrogen-bond donors (Lipinski definition) is 1. The molecule has 0 unspecified atom stereocenters. The first-order valence-electron chi connectivity index (χ1n) is 6.15. The Hall–Kier alpha value is -1.39. The lowest BCUT2D eigenvalue weighted by Gasteiger charge is -2.17. The Labute approximate surface area is 141 Å². The largest absolute Gasteiger partial charge is 0.322 e. The summed E-state index contributed by atoms with van der Waals surface area (Å²) in [4.78, 5) is 11.4. The molecule has 0 fully saturated rings. The van der Waals surface area contributed by atoms with Gasteiger partial charge in [-0.05, 0) is 40.5 Å². The Morgan fingerprint density at radius 2 is 1.87 bits per heavy atom. The predicted molar refractivity (Wildman–Crippen MR) is 82.9 cm³/mol. The quantitative estimate of drug-likeness (QED) is 0.760. The van der Waals surface area contributed by atoms with Gasteiger partial charge in [-0.1, -0.05) is 0 Å². The SMILES string of the molecule is O=C(Nc1ccc(F)c(Br)c1)C1=C(F)CCC(S(=O)(=O)[Si])=C1F. The van der Waals surface area contributed by atoms with Gasteiger partial charge in [0.05, 0.1) is 9.38 Å². The van der Waals surface area contributed by atoms with Gasteiger partial charge in [-0.15, -0.1) is 0 Å². The van der Waals surface area contributed by atoms with Crippen LogP contribution in [0.2, 0.25) is 0 Å². The third-order valence-electron chi connectivity index (χ3n) is 3.04. The number of allylic oxidation sites excluding steroid dienone is 2. The summed E-state index contributed by atoms with van der Waals surface area (Å²) in [6, 6.07) is 3.45. The summed E-state index contributed by atoms with van der Waals surface area (Å²) in [5, 5.41) is 2.19. The molecule has 0 heterocycles. The Balaban J connectivity index is 2.37. The van der Waals surface area contributed by atoms with Crippen molar-refractivity contribution in [1.82, 2.24) is 0 Å². The van der Waals surface area contributed by atoms with Crippen LogP contribution < -0.4 is 5.32 Å². The molecule has 0 bridgehead atoms. The second-order valence-electron chi connectivity index (χ2n) is 4.60. The van der Waals surface area contributed by atoms with Crippen molar-refractivity contribution < 1.29 is 26.4 Å². The van der Waals surface area contributed by atoms with Crippen LogP contribution in [0, 0.1) is 5.82 Å². The molecule has 4 nitrogen and oxygen atoms in total. The molecule has 0 aromatic heterocycles. The normalized spacial score (nSPS) is 15.9. The second-order valence-corrected chi connectivity index (χ2v) is 8.57. The average molecular weight is 423 g/mol. The Morgan fingerprint density at radius 3 is 2.43 bits per heavy atom. The summed E-state index contributed by atoms with van der Waals surface area (Å²) < 4.78 is 64.0. The number of rotatable bonds is 3. The molecule has 23 heavy (non-hydrogen) atoms. The molecule has 1 aromatic rings. The third kappa shape index (κ3) is 3.93. The van der Waals surface area contributed by atoms with Crippen LogP contribution in [-0.4, -0.2) is 23.7 Å². The number of hydrogen-bond acceptors (Lipinski definition) is 3. The van der Waals surface area contributed by atoms with Gasteiger partial charge >= 0.3 is 0 Å². The van der Waals surface area contributed by atoms with E-state index < -0.39 is 49.6 Å². The van der Waals surface area contributed by atoms with E-state index >= 15 is 0 Å². The molecule has 0 saturated heterocycles. The summed E-state index contributed by atoms with van der Waals surface area (Å²) in [5.41, 5.74) is -0.891. The van der Waals surface area contributed by atoms with E-state index in [0.29, 0.717) is 0 Å². The van der Waals surface area contributed by atoms with Gasteiger partial charge in [-0.2, -0.15) is 0 Å². The zero-order valence-corrected chi connectivity index (χ0v) is 14.7. The van der Waals surface area contributed by atoms with E-state index in [1.807, 2.05) is 0 Å². The van der Waals surface area contributed by atoms with Gasteiger partial charge in [0.1, 0.15) is 26.5 Å². The van der Waals surface area contributed by atoms with Crippen LogP contribution in [0.4, 0.5) is 18.9 Å². The summed E-state index contributed by atoms with van der Waals surface area (Å²) >= 11 is 2.91. The van der Waals surface area contributed by atoms with E-state index in [1.165, 1.54) is 12.1 Å². The smallest absolute Gasteiger partial charge is 0.261 e. The minimum atomic E-state index is -4.08. The van der Waals surface area contributed by atoms with Crippen LogP contribution in [0.25, 0.3) is 0 Å². The maximum atomic E-state index is 14.2. The van der Waals surface area contributed by atoms with E-state index in [1.54, 1.807) is 0 Å². The van der Waals surface area contributed by atoms with E-state index in [0.717, 1.165) is 6.07 Å². The van der Waals surface area contributed by atoms with Crippen molar-refractivity contribution in [3.63, 3.8) is 0 Å². The Morgan fingerprint density at radius 1 is 1.22 bits per heavy atom. The third-order valence-corrected chi connectivity index (χ3v) is 5.42. The monoisotopic (exact) mass is 422 g/mol. The van der Waals surface area contributed by atoms with Crippen molar-refractivity contribution in [3.05, 3.63) is 50.6 Å². The number of amides is 1. The van der Waals surface area contributed by atoms with E-state index in [-0.39, 0.29) is 16.6 Å². The molecule has 0 saturated carbocycles. The van der Waals surface area contributed by atoms with Gasteiger partial charge in [0, 0.05) is 12.1 Å². The van der Waals surface area contributed by atoms with Crippen molar-refractivity contribution >= 4 is 46.2 Å². The number of benzene rings is 1. The predicted octanol–water partition coefficient (Wildman–Crippen LogP) is 3.22. The molecular weight excluding hydrogens is 415 g/mol. The molecule has 1 aliphatic carbocycles. The second kappa shape index (κ2) is 6.61. The standard InChI is InChI=1S/C13H8BrF3NO3SSi/c14-7-5-6(1-2-8(7)15)18-13(19)11-9(16)3-4-10(12(11)17)22(20,21)23/h1-2,5H,3-4H2,(H,18,19). The minimum absolute atomic E-state index is 0.0489. The Kier molecular flexibility index (Phi) is 5.16. The number of nitrogens with one attached hydrogen (secondary N) is 1. The molecule has 0 aliphatic heterocycles. The molecule has 0 atom stereocenters. The first-order chi connectivity index (χ1) is 10.6. The fourth-order valence-corrected chi connectivity index (χ4v) is 3.62. The van der Waals surface area contributed by atoms with Crippen molar-refractivity contribution in [1.29, 1.82) is 0 Å². The summed E-state index contributed by atoms with van der Waals surface area (Å²) in [5.74, 6) is -4.24. The van der Waals surface area contributed by atoms with Crippen molar-refractivity contribution in [2.24, 2.45) is 0 Å². The fraction of sp³-hybridized carbons (Fsp3) is 0.154. The number of halogens is 4. The van der Waals surface area contributed by atoms with Crippen molar-refractivity contribution in [2.75, 3.05) is 5.32 Å². The number of carbonyl (C=O) groups is 1. The zero-order valence-electron chi connectivity index (χ0n) is 11.3. The maximum absolute atomic E-state index is 14.2. The summed E-state index contributed by atoms with van der Waals surface area (Å²) in [7, 11) is -1.71. The van der Waals surface area contributed by atoms with Crippen LogP contribution in [-0.2, 0) is 14.1 Å². The van der Waals surface area contributed by atoms with Crippen molar-refractivity contribution in [2.45, 2.75) is 12.8 Å². The van der Waals surface area contributed by atoms with Crippen LogP contribution in [0.1, 0.15) is 12.8 Å². The Bertz CT molecular complexity index is 852. The number of carbonyl (C=O) groups excluding carboxylic acids is 1. The highest BCUT2D eigenvalue weighted by molar-refractivity contribution is 9.10. The highest BCUT2D eigenvalue weighted by Crippen LogP contribution is 2.35. The zero-order chi connectivity index (χ0) is 17.4. The molecule has 2 rings (SSSR count). The lowest BCUT2D eigenvalue weighted by molar-refractivity contribution is -0.112. The fourth-order valence-electron chi connectivity index (χ4n) is 1.96. The summed E-state index contributed by atoms with van der Waals surface area (Å²) in [6.45, 7) is 0. The van der Waals surface area contributed by atoms with Gasteiger partial charge in [-0.3, -0.25) is 4.79 Å². The number of anilines is 1. The molecule has 121 valence electrons. The van der Waals surface area contributed by atoms with E-state index in [9.17, 15) is 26.4 Å². The first-order valence-corrected chi connectivity index (χ1v) is 9.65. The molecular formula is C13H8BrF3NO3SSi. The van der Waals surface area contributed by atoms with Gasteiger partial charge in [0.25, 0.3) is 5.91 Å². The van der Waals surface area contributed by atoms with E-state index in [4.69, 9.17) is 0 Å². The molecule has 0 spiro atoms. The van der Waals surface area contributed by atoms with E-state index in [2.05, 4.69) is 30.6 Å². The lowest BCUT2D eigenvalue weighted by atomic mass is 10.0. The van der Waals surface area contributed by atoms with Crippen LogP contribution in [0.3, 0.4) is 0 Å². The first kappa shape index (κ1) is 18.0.